The number of hydrogen-bond acceptors (Lipinski definition) is 4. The molecule has 10 heteroatoms. The SMILES string of the molecule is N#Cc1ccccc1-c1nc2c(=O)n(CC(F)(F)F)cnc2n1-c1ccc(Cl)cc1. The first-order valence-corrected chi connectivity index (χ1v) is 8.96. The molecule has 0 aliphatic rings. The molecule has 0 saturated carbocycles. The van der Waals surface area contributed by atoms with Gasteiger partial charge in [0.1, 0.15) is 18.7 Å². The van der Waals surface area contributed by atoms with Gasteiger partial charge < -0.3 is 0 Å². The van der Waals surface area contributed by atoms with Crippen molar-refractivity contribution in [3.05, 3.63) is 75.8 Å². The zero-order valence-electron chi connectivity index (χ0n) is 15.1. The molecule has 2 heterocycles. The molecular weight excluding hydrogens is 419 g/mol. The van der Waals surface area contributed by atoms with Crippen molar-refractivity contribution >= 4 is 22.8 Å². The minimum Gasteiger partial charge on any atom is -0.288 e. The van der Waals surface area contributed by atoms with Crippen LogP contribution in [0.3, 0.4) is 0 Å². The maximum Gasteiger partial charge on any atom is 0.406 e. The Morgan fingerprint density at radius 3 is 2.47 bits per heavy atom. The third kappa shape index (κ3) is 3.53. The Morgan fingerprint density at radius 1 is 1.10 bits per heavy atom. The summed E-state index contributed by atoms with van der Waals surface area (Å²) in [4.78, 5) is 21.1. The van der Waals surface area contributed by atoms with Crippen LogP contribution in [-0.4, -0.2) is 25.3 Å². The third-order valence-electron chi connectivity index (χ3n) is 4.36. The van der Waals surface area contributed by atoms with Crippen LogP contribution in [0.5, 0.6) is 0 Å². The van der Waals surface area contributed by atoms with E-state index in [1.54, 1.807) is 48.5 Å². The Morgan fingerprint density at radius 2 is 1.80 bits per heavy atom. The monoisotopic (exact) mass is 429 g/mol. The second-order valence-electron chi connectivity index (χ2n) is 6.37. The van der Waals surface area contributed by atoms with Crippen molar-refractivity contribution in [1.82, 2.24) is 19.1 Å². The first-order chi connectivity index (χ1) is 14.3. The number of nitrogens with zero attached hydrogens (tertiary/aromatic N) is 5. The van der Waals surface area contributed by atoms with Crippen molar-refractivity contribution in [3.8, 4) is 23.1 Å². The third-order valence-corrected chi connectivity index (χ3v) is 4.61. The van der Waals surface area contributed by atoms with Crippen LogP contribution in [0.1, 0.15) is 5.56 Å². The van der Waals surface area contributed by atoms with Gasteiger partial charge in [-0.15, -0.1) is 0 Å². The minimum atomic E-state index is -4.59. The van der Waals surface area contributed by atoms with Crippen molar-refractivity contribution in [2.75, 3.05) is 0 Å². The maximum absolute atomic E-state index is 12.8. The summed E-state index contributed by atoms with van der Waals surface area (Å²) in [5, 5.41) is 9.94. The van der Waals surface area contributed by atoms with Crippen LogP contribution in [0, 0.1) is 11.3 Å². The summed E-state index contributed by atoms with van der Waals surface area (Å²) in [5.74, 6) is 0.207. The van der Waals surface area contributed by atoms with E-state index in [2.05, 4.69) is 16.0 Å². The van der Waals surface area contributed by atoms with E-state index in [1.165, 1.54) is 4.57 Å². The summed E-state index contributed by atoms with van der Waals surface area (Å²) >= 11 is 5.96. The number of fused-ring (bicyclic) bond motifs is 1. The first kappa shape index (κ1) is 19.7. The van der Waals surface area contributed by atoms with Crippen LogP contribution in [-0.2, 0) is 6.54 Å². The predicted octanol–water partition coefficient (Wildman–Crippen LogP) is 4.34. The van der Waals surface area contributed by atoms with Crippen molar-refractivity contribution < 1.29 is 13.2 Å². The molecule has 0 saturated heterocycles. The topological polar surface area (TPSA) is 76.5 Å². The highest BCUT2D eigenvalue weighted by Crippen LogP contribution is 2.29. The molecule has 30 heavy (non-hydrogen) atoms. The largest absolute Gasteiger partial charge is 0.406 e. The molecule has 0 atom stereocenters. The van der Waals surface area contributed by atoms with Crippen LogP contribution >= 0.6 is 11.6 Å². The molecule has 2 aromatic carbocycles. The number of hydrogen-bond donors (Lipinski definition) is 0. The number of aromatic nitrogens is 4. The molecule has 0 amide bonds. The van der Waals surface area contributed by atoms with Gasteiger partial charge >= 0.3 is 6.18 Å². The molecule has 0 bridgehead atoms. The number of nitriles is 1. The van der Waals surface area contributed by atoms with Gasteiger partial charge in [-0.05, 0) is 36.4 Å². The minimum absolute atomic E-state index is 0.0727. The maximum atomic E-state index is 12.8. The molecule has 4 rings (SSSR count). The highest BCUT2D eigenvalue weighted by atomic mass is 35.5. The Hall–Kier alpha value is -3.64. The van der Waals surface area contributed by atoms with E-state index in [-0.39, 0.29) is 17.0 Å². The molecule has 150 valence electrons. The fraction of sp³-hybridized carbons (Fsp3) is 0.100. The number of benzene rings is 2. The van der Waals surface area contributed by atoms with E-state index in [1.807, 2.05) is 0 Å². The van der Waals surface area contributed by atoms with E-state index >= 15 is 0 Å². The summed E-state index contributed by atoms with van der Waals surface area (Å²) in [6.45, 7) is -1.48. The molecular formula is C20H11ClF3N5O. The van der Waals surface area contributed by atoms with E-state index < -0.39 is 18.3 Å². The molecule has 0 aliphatic heterocycles. The zero-order valence-corrected chi connectivity index (χ0v) is 15.8. The van der Waals surface area contributed by atoms with Crippen LogP contribution in [0.2, 0.25) is 5.02 Å². The highest BCUT2D eigenvalue weighted by molar-refractivity contribution is 6.30. The first-order valence-electron chi connectivity index (χ1n) is 8.58. The van der Waals surface area contributed by atoms with Crippen LogP contribution in [0.15, 0.2) is 59.7 Å². The second-order valence-corrected chi connectivity index (χ2v) is 6.81. The molecule has 6 nitrogen and oxygen atoms in total. The molecule has 0 radical (unpaired) electrons. The van der Waals surface area contributed by atoms with Crippen LogP contribution in [0.25, 0.3) is 28.2 Å². The number of rotatable bonds is 3. The van der Waals surface area contributed by atoms with Gasteiger partial charge in [0.15, 0.2) is 11.2 Å². The highest BCUT2D eigenvalue weighted by Gasteiger charge is 2.30. The Kier molecular flexibility index (Phi) is 4.79. The molecule has 0 aliphatic carbocycles. The Labute approximate surface area is 172 Å². The molecule has 0 N–H and O–H groups in total. The van der Waals surface area contributed by atoms with Gasteiger partial charge in [-0.2, -0.15) is 18.4 Å². The van der Waals surface area contributed by atoms with Gasteiger partial charge in [0.25, 0.3) is 5.56 Å². The van der Waals surface area contributed by atoms with Gasteiger partial charge in [-0.3, -0.25) is 13.9 Å². The molecule has 4 aromatic rings. The fourth-order valence-electron chi connectivity index (χ4n) is 3.08. The van der Waals surface area contributed by atoms with Gasteiger partial charge in [-0.1, -0.05) is 23.7 Å². The van der Waals surface area contributed by atoms with Crippen LogP contribution in [0.4, 0.5) is 13.2 Å². The van der Waals surface area contributed by atoms with E-state index in [4.69, 9.17) is 11.6 Å². The summed E-state index contributed by atoms with van der Waals surface area (Å²) < 4.78 is 40.4. The lowest BCUT2D eigenvalue weighted by molar-refractivity contribution is -0.141. The van der Waals surface area contributed by atoms with E-state index in [0.29, 0.717) is 26.4 Å². The number of imidazole rings is 1. The average molecular weight is 430 g/mol. The van der Waals surface area contributed by atoms with Gasteiger partial charge in [0.05, 0.1) is 11.6 Å². The lowest BCUT2D eigenvalue weighted by Gasteiger charge is -2.11. The Balaban J connectivity index is 2.06. The van der Waals surface area contributed by atoms with E-state index in [0.717, 1.165) is 6.33 Å². The molecule has 0 unspecified atom stereocenters. The lowest BCUT2D eigenvalue weighted by Crippen LogP contribution is -2.28. The zero-order chi connectivity index (χ0) is 21.5. The predicted molar refractivity (Wildman–Crippen MR) is 104 cm³/mol. The van der Waals surface area contributed by atoms with Gasteiger partial charge in [-0.25, -0.2) is 9.97 Å². The number of alkyl halides is 3. The summed E-state index contributed by atoms with van der Waals surface area (Å²) in [6.07, 6.45) is -3.75. The quantitative estimate of drug-likeness (QED) is 0.485. The number of halogens is 4. The van der Waals surface area contributed by atoms with Gasteiger partial charge in [0.2, 0.25) is 0 Å². The summed E-state index contributed by atoms with van der Waals surface area (Å²) in [5.41, 5.74) is 0.141. The lowest BCUT2D eigenvalue weighted by atomic mass is 10.1. The molecule has 2 aromatic heterocycles. The van der Waals surface area contributed by atoms with Crippen molar-refractivity contribution in [3.63, 3.8) is 0 Å². The van der Waals surface area contributed by atoms with Crippen molar-refractivity contribution in [2.45, 2.75) is 12.7 Å². The van der Waals surface area contributed by atoms with Crippen molar-refractivity contribution in [1.29, 1.82) is 5.26 Å². The standard InChI is InChI=1S/C20H11ClF3N5O/c21-13-5-7-14(8-6-13)29-17(15-4-2-1-3-12(15)9-25)27-16-18(29)26-11-28(19(16)30)10-20(22,23)24/h1-8,11H,10H2. The summed E-state index contributed by atoms with van der Waals surface area (Å²) in [6, 6.07) is 15.2. The van der Waals surface area contributed by atoms with E-state index in [9.17, 15) is 23.2 Å². The van der Waals surface area contributed by atoms with Crippen LogP contribution < -0.4 is 5.56 Å². The Bertz CT molecular complexity index is 1350. The normalized spacial score (nSPS) is 11.6. The van der Waals surface area contributed by atoms with Gasteiger partial charge in [0, 0.05) is 16.3 Å². The average Bonchev–Trinajstić information content (AvgIpc) is 3.10. The van der Waals surface area contributed by atoms with Crippen molar-refractivity contribution in [2.24, 2.45) is 0 Å². The molecule has 0 fully saturated rings. The molecule has 0 spiro atoms. The summed E-state index contributed by atoms with van der Waals surface area (Å²) in [7, 11) is 0. The fourth-order valence-corrected chi connectivity index (χ4v) is 3.21. The second kappa shape index (κ2) is 7.31. The smallest absolute Gasteiger partial charge is 0.288 e.